The highest BCUT2D eigenvalue weighted by molar-refractivity contribution is 7.99. The molecule has 0 amide bonds. The third kappa shape index (κ3) is 5.38. The van der Waals surface area contributed by atoms with Gasteiger partial charge in [0, 0.05) is 18.2 Å². The fourth-order valence-electron chi connectivity index (χ4n) is 1.79. The number of hydrogen-bond acceptors (Lipinski definition) is 4. The van der Waals surface area contributed by atoms with Crippen molar-refractivity contribution in [3.8, 4) is 0 Å². The monoisotopic (exact) mass is 299 g/mol. The zero-order valence-electron chi connectivity index (χ0n) is 11.9. The standard InChI is InChI=1S/C14H22FN3OS/c1-3-20-7-6-10(2)17-9-11-4-5-12(15)8-13(11)14(16)18-19/h4-5,8,10,17,19H,3,6-7,9H2,1-2H3,(H2,16,18). The Morgan fingerprint density at radius 1 is 1.55 bits per heavy atom. The van der Waals surface area contributed by atoms with E-state index in [0.29, 0.717) is 18.2 Å². The molecular weight excluding hydrogens is 277 g/mol. The van der Waals surface area contributed by atoms with Crippen molar-refractivity contribution in [3.63, 3.8) is 0 Å². The summed E-state index contributed by atoms with van der Waals surface area (Å²) in [6.45, 7) is 4.82. The topological polar surface area (TPSA) is 70.6 Å². The summed E-state index contributed by atoms with van der Waals surface area (Å²) >= 11 is 1.91. The molecule has 0 spiro atoms. The molecule has 0 fully saturated rings. The Hall–Kier alpha value is -1.27. The van der Waals surface area contributed by atoms with E-state index in [9.17, 15) is 4.39 Å². The molecule has 112 valence electrons. The van der Waals surface area contributed by atoms with Crippen LogP contribution in [0.4, 0.5) is 4.39 Å². The Balaban J connectivity index is 2.63. The fourth-order valence-corrected chi connectivity index (χ4v) is 2.59. The predicted octanol–water partition coefficient (Wildman–Crippen LogP) is 2.54. The van der Waals surface area contributed by atoms with Crippen LogP contribution in [0.3, 0.4) is 0 Å². The lowest BCUT2D eigenvalue weighted by Gasteiger charge is -2.15. The van der Waals surface area contributed by atoms with Crippen LogP contribution >= 0.6 is 11.8 Å². The average molecular weight is 299 g/mol. The van der Waals surface area contributed by atoms with E-state index in [1.54, 1.807) is 6.07 Å². The van der Waals surface area contributed by atoms with Gasteiger partial charge >= 0.3 is 0 Å². The zero-order chi connectivity index (χ0) is 15.0. The zero-order valence-corrected chi connectivity index (χ0v) is 12.7. The van der Waals surface area contributed by atoms with Crippen LogP contribution in [0.15, 0.2) is 23.4 Å². The van der Waals surface area contributed by atoms with Crippen LogP contribution in [-0.2, 0) is 6.54 Å². The summed E-state index contributed by atoms with van der Waals surface area (Å²) in [6, 6.07) is 4.68. The quantitative estimate of drug-likeness (QED) is 0.227. The van der Waals surface area contributed by atoms with Gasteiger partial charge in [-0.05, 0) is 42.5 Å². The van der Waals surface area contributed by atoms with E-state index >= 15 is 0 Å². The lowest BCUT2D eigenvalue weighted by molar-refractivity contribution is 0.318. The smallest absolute Gasteiger partial charge is 0.170 e. The molecule has 0 aromatic heterocycles. The van der Waals surface area contributed by atoms with Crippen LogP contribution in [0, 0.1) is 5.82 Å². The molecule has 0 saturated heterocycles. The maximum atomic E-state index is 13.2. The van der Waals surface area contributed by atoms with E-state index < -0.39 is 5.82 Å². The molecule has 0 bridgehead atoms. The van der Waals surface area contributed by atoms with Crippen molar-refractivity contribution in [2.24, 2.45) is 10.9 Å². The number of oxime groups is 1. The van der Waals surface area contributed by atoms with Gasteiger partial charge in [-0.2, -0.15) is 11.8 Å². The minimum atomic E-state index is -0.400. The summed E-state index contributed by atoms with van der Waals surface area (Å²) in [4.78, 5) is 0. The van der Waals surface area contributed by atoms with Gasteiger partial charge in [0.05, 0.1) is 0 Å². The number of nitrogens with zero attached hydrogens (tertiary/aromatic N) is 1. The van der Waals surface area contributed by atoms with Crippen molar-refractivity contribution in [2.45, 2.75) is 32.9 Å². The average Bonchev–Trinajstić information content (AvgIpc) is 2.45. The molecule has 0 aliphatic heterocycles. The highest BCUT2D eigenvalue weighted by Crippen LogP contribution is 2.12. The maximum Gasteiger partial charge on any atom is 0.170 e. The number of benzene rings is 1. The van der Waals surface area contributed by atoms with Gasteiger partial charge in [0.15, 0.2) is 5.84 Å². The van der Waals surface area contributed by atoms with Crippen molar-refractivity contribution in [2.75, 3.05) is 11.5 Å². The van der Waals surface area contributed by atoms with E-state index in [2.05, 4.69) is 24.3 Å². The van der Waals surface area contributed by atoms with Gasteiger partial charge in [-0.25, -0.2) is 4.39 Å². The van der Waals surface area contributed by atoms with Gasteiger partial charge in [0.2, 0.25) is 0 Å². The SMILES string of the molecule is CCSCCC(C)NCc1ccc(F)cc1/C(N)=N/O. The molecule has 4 N–H and O–H groups in total. The first-order chi connectivity index (χ1) is 9.58. The van der Waals surface area contributed by atoms with Crippen LogP contribution in [0.1, 0.15) is 31.4 Å². The van der Waals surface area contributed by atoms with E-state index in [0.717, 1.165) is 23.5 Å². The molecule has 0 radical (unpaired) electrons. The predicted molar refractivity (Wildman–Crippen MR) is 82.8 cm³/mol. The Morgan fingerprint density at radius 3 is 2.95 bits per heavy atom. The molecule has 1 atom stereocenters. The molecule has 0 saturated carbocycles. The van der Waals surface area contributed by atoms with Crippen LogP contribution in [-0.4, -0.2) is 28.6 Å². The first-order valence-corrected chi connectivity index (χ1v) is 7.81. The van der Waals surface area contributed by atoms with Crippen LogP contribution < -0.4 is 11.1 Å². The minimum Gasteiger partial charge on any atom is -0.409 e. The van der Waals surface area contributed by atoms with Gasteiger partial charge in [0.1, 0.15) is 5.82 Å². The molecule has 1 aromatic carbocycles. The molecule has 0 heterocycles. The van der Waals surface area contributed by atoms with Crippen LogP contribution in [0.25, 0.3) is 0 Å². The van der Waals surface area contributed by atoms with Gasteiger partial charge in [-0.3, -0.25) is 0 Å². The van der Waals surface area contributed by atoms with Crippen molar-refractivity contribution < 1.29 is 9.60 Å². The molecule has 1 rings (SSSR count). The second-order valence-electron chi connectivity index (χ2n) is 4.55. The number of thioether (sulfide) groups is 1. The summed E-state index contributed by atoms with van der Waals surface area (Å²) in [5.74, 6) is 1.76. The third-order valence-electron chi connectivity index (χ3n) is 3.00. The number of nitrogens with one attached hydrogen (secondary N) is 1. The first-order valence-electron chi connectivity index (χ1n) is 6.66. The molecule has 0 aliphatic carbocycles. The van der Waals surface area contributed by atoms with Crippen molar-refractivity contribution in [1.29, 1.82) is 0 Å². The van der Waals surface area contributed by atoms with Gasteiger partial charge in [-0.1, -0.05) is 18.1 Å². The summed E-state index contributed by atoms with van der Waals surface area (Å²) in [5.41, 5.74) is 6.81. The van der Waals surface area contributed by atoms with E-state index in [1.165, 1.54) is 12.1 Å². The minimum absolute atomic E-state index is 0.0736. The summed E-state index contributed by atoms with van der Waals surface area (Å²) in [7, 11) is 0. The molecule has 6 heteroatoms. The summed E-state index contributed by atoms with van der Waals surface area (Å²) < 4.78 is 13.2. The second-order valence-corrected chi connectivity index (χ2v) is 5.95. The maximum absolute atomic E-state index is 13.2. The Kier molecular flexibility index (Phi) is 7.40. The van der Waals surface area contributed by atoms with Gasteiger partial charge < -0.3 is 16.3 Å². The number of amidine groups is 1. The van der Waals surface area contributed by atoms with Gasteiger partial charge in [-0.15, -0.1) is 0 Å². The van der Waals surface area contributed by atoms with Crippen molar-refractivity contribution in [1.82, 2.24) is 5.32 Å². The lowest BCUT2D eigenvalue weighted by Crippen LogP contribution is -2.27. The highest BCUT2D eigenvalue weighted by Gasteiger charge is 2.10. The van der Waals surface area contributed by atoms with Crippen molar-refractivity contribution >= 4 is 17.6 Å². The molecule has 20 heavy (non-hydrogen) atoms. The van der Waals surface area contributed by atoms with Gasteiger partial charge in [0.25, 0.3) is 0 Å². The summed E-state index contributed by atoms with van der Waals surface area (Å²) in [6.07, 6.45) is 1.07. The third-order valence-corrected chi connectivity index (χ3v) is 3.93. The fraction of sp³-hybridized carbons (Fsp3) is 0.500. The Bertz CT molecular complexity index is 454. The number of halogens is 1. The van der Waals surface area contributed by atoms with Crippen molar-refractivity contribution in [3.05, 3.63) is 35.1 Å². The number of hydrogen-bond donors (Lipinski definition) is 3. The Labute approximate surface area is 123 Å². The first kappa shape index (κ1) is 16.8. The second kappa shape index (κ2) is 8.81. The summed E-state index contributed by atoms with van der Waals surface area (Å²) in [5, 5.41) is 15.1. The molecule has 0 aliphatic rings. The van der Waals surface area contributed by atoms with E-state index in [-0.39, 0.29) is 5.84 Å². The van der Waals surface area contributed by atoms with Crippen LogP contribution in [0.5, 0.6) is 0 Å². The van der Waals surface area contributed by atoms with E-state index in [4.69, 9.17) is 10.9 Å². The lowest BCUT2D eigenvalue weighted by atomic mass is 10.1. The molecule has 1 aromatic rings. The highest BCUT2D eigenvalue weighted by atomic mass is 32.2. The number of rotatable bonds is 8. The normalized spacial score (nSPS) is 13.4. The van der Waals surface area contributed by atoms with Crippen LogP contribution in [0.2, 0.25) is 0 Å². The largest absolute Gasteiger partial charge is 0.409 e. The molecule has 4 nitrogen and oxygen atoms in total. The van der Waals surface area contributed by atoms with E-state index in [1.807, 2.05) is 11.8 Å². The molecular formula is C14H22FN3OS. The Morgan fingerprint density at radius 2 is 2.30 bits per heavy atom. The molecule has 1 unspecified atom stereocenters. The number of nitrogens with two attached hydrogens (primary N) is 1.